The van der Waals surface area contributed by atoms with Crippen molar-refractivity contribution in [1.82, 2.24) is 0 Å². The molecule has 0 heterocycles. The Bertz CT molecular complexity index is 529. The molecule has 0 aliphatic heterocycles. The summed E-state index contributed by atoms with van der Waals surface area (Å²) in [5, 5.41) is 8.53. The lowest BCUT2D eigenvalue weighted by Crippen LogP contribution is -1.95. The topological polar surface area (TPSA) is 54.4 Å². The Kier molecular flexibility index (Phi) is 11.0. The van der Waals surface area contributed by atoms with Gasteiger partial charge in [0.25, 0.3) is 0 Å². The number of allylic oxidation sites excluding steroid dienone is 4. The largest absolute Gasteiger partial charge is 0.481 e. The van der Waals surface area contributed by atoms with E-state index in [2.05, 4.69) is 6.08 Å². The predicted octanol–water partition coefficient (Wildman–Crippen LogP) is 5.12. The van der Waals surface area contributed by atoms with Gasteiger partial charge in [0.2, 0.25) is 0 Å². The van der Waals surface area contributed by atoms with Crippen LogP contribution in [0.4, 0.5) is 0 Å². The number of aryl methyl sites for hydroxylation is 1. The van der Waals surface area contributed by atoms with Gasteiger partial charge in [-0.05, 0) is 37.3 Å². The van der Waals surface area contributed by atoms with Crippen LogP contribution in [0.3, 0.4) is 0 Å². The Morgan fingerprint density at radius 3 is 2.33 bits per heavy atom. The van der Waals surface area contributed by atoms with E-state index >= 15 is 0 Å². The SMILES string of the molecule is O=C(O)CCCCCCC/C=C\C=C\C(=O)CCc1ccccc1. The Morgan fingerprint density at radius 1 is 0.875 bits per heavy atom. The van der Waals surface area contributed by atoms with Gasteiger partial charge in [-0.25, -0.2) is 0 Å². The molecule has 0 spiro atoms. The van der Waals surface area contributed by atoms with Gasteiger partial charge in [-0.3, -0.25) is 9.59 Å². The van der Waals surface area contributed by atoms with Crippen LogP contribution in [0.2, 0.25) is 0 Å². The van der Waals surface area contributed by atoms with Gasteiger partial charge >= 0.3 is 5.97 Å². The van der Waals surface area contributed by atoms with E-state index in [-0.39, 0.29) is 12.2 Å². The number of carboxylic acids is 1. The molecule has 130 valence electrons. The molecule has 0 saturated carbocycles. The highest BCUT2D eigenvalue weighted by Gasteiger charge is 1.97. The molecule has 1 aromatic carbocycles. The molecule has 0 fully saturated rings. The quantitative estimate of drug-likeness (QED) is 0.311. The Labute approximate surface area is 145 Å². The van der Waals surface area contributed by atoms with Crippen LogP contribution in [-0.2, 0) is 16.0 Å². The molecule has 1 rings (SSSR count). The first-order chi connectivity index (χ1) is 11.7. The summed E-state index contributed by atoms with van der Waals surface area (Å²) in [7, 11) is 0. The highest BCUT2D eigenvalue weighted by atomic mass is 16.4. The van der Waals surface area contributed by atoms with E-state index in [9.17, 15) is 9.59 Å². The molecule has 3 nitrogen and oxygen atoms in total. The summed E-state index contributed by atoms with van der Waals surface area (Å²) >= 11 is 0. The van der Waals surface area contributed by atoms with Crippen molar-refractivity contribution >= 4 is 11.8 Å². The number of aliphatic carboxylic acids is 1. The third kappa shape index (κ3) is 11.4. The molecule has 0 bridgehead atoms. The number of carboxylic acid groups (broad SMARTS) is 1. The second kappa shape index (κ2) is 13.3. The summed E-state index contributed by atoms with van der Waals surface area (Å²) in [5.74, 6) is -0.551. The molecule has 0 unspecified atom stereocenters. The monoisotopic (exact) mass is 328 g/mol. The maximum absolute atomic E-state index is 11.7. The van der Waals surface area contributed by atoms with Crippen LogP contribution in [0.25, 0.3) is 0 Å². The van der Waals surface area contributed by atoms with Gasteiger partial charge in [0.1, 0.15) is 0 Å². The van der Waals surface area contributed by atoms with E-state index in [0.29, 0.717) is 6.42 Å². The predicted molar refractivity (Wildman–Crippen MR) is 98.0 cm³/mol. The first-order valence-corrected chi connectivity index (χ1v) is 8.80. The van der Waals surface area contributed by atoms with Gasteiger partial charge in [-0.1, -0.05) is 67.8 Å². The number of benzene rings is 1. The summed E-state index contributed by atoms with van der Waals surface area (Å²) in [4.78, 5) is 22.1. The maximum Gasteiger partial charge on any atom is 0.303 e. The summed E-state index contributed by atoms with van der Waals surface area (Å²) in [6, 6.07) is 10.0. The van der Waals surface area contributed by atoms with Gasteiger partial charge in [-0.2, -0.15) is 0 Å². The second-order valence-corrected chi connectivity index (χ2v) is 5.94. The van der Waals surface area contributed by atoms with Gasteiger partial charge < -0.3 is 5.11 Å². The molecule has 1 aromatic rings. The number of ketones is 1. The van der Waals surface area contributed by atoms with Crippen molar-refractivity contribution in [1.29, 1.82) is 0 Å². The fourth-order valence-electron chi connectivity index (χ4n) is 2.40. The van der Waals surface area contributed by atoms with Gasteiger partial charge in [-0.15, -0.1) is 0 Å². The average Bonchev–Trinajstić information content (AvgIpc) is 2.58. The molecule has 0 atom stereocenters. The zero-order valence-electron chi connectivity index (χ0n) is 14.3. The zero-order valence-corrected chi connectivity index (χ0v) is 14.3. The molecule has 0 saturated heterocycles. The standard InChI is InChI=1S/C21H28O3/c22-20(18-17-19-13-9-8-10-14-19)15-11-6-4-2-1-3-5-7-12-16-21(23)24/h4,6,8-11,13-15H,1-3,5,7,12,16-18H2,(H,23,24)/b6-4-,15-11+. The van der Waals surface area contributed by atoms with Crippen molar-refractivity contribution < 1.29 is 14.7 Å². The number of hydrogen-bond acceptors (Lipinski definition) is 2. The molecule has 1 N–H and O–H groups in total. The average molecular weight is 328 g/mol. The highest BCUT2D eigenvalue weighted by Crippen LogP contribution is 2.07. The van der Waals surface area contributed by atoms with Crippen LogP contribution in [0.1, 0.15) is 56.9 Å². The van der Waals surface area contributed by atoms with Gasteiger partial charge in [0.15, 0.2) is 5.78 Å². The molecular formula is C21H28O3. The van der Waals surface area contributed by atoms with Crippen LogP contribution >= 0.6 is 0 Å². The van der Waals surface area contributed by atoms with Crippen LogP contribution in [-0.4, -0.2) is 16.9 Å². The van der Waals surface area contributed by atoms with Crippen molar-refractivity contribution in [3.63, 3.8) is 0 Å². The summed E-state index contributed by atoms with van der Waals surface area (Å²) in [6.07, 6.45) is 15.2. The number of carbonyl (C=O) groups is 2. The fourth-order valence-corrected chi connectivity index (χ4v) is 2.40. The second-order valence-electron chi connectivity index (χ2n) is 5.94. The van der Waals surface area contributed by atoms with Crippen molar-refractivity contribution in [3.8, 4) is 0 Å². The van der Waals surface area contributed by atoms with Crippen LogP contribution in [0, 0.1) is 0 Å². The van der Waals surface area contributed by atoms with Crippen LogP contribution < -0.4 is 0 Å². The number of carbonyl (C=O) groups excluding carboxylic acids is 1. The smallest absolute Gasteiger partial charge is 0.303 e. The fraction of sp³-hybridized carbons (Fsp3) is 0.429. The maximum atomic E-state index is 11.7. The lowest BCUT2D eigenvalue weighted by Gasteiger charge is -1.98. The Morgan fingerprint density at radius 2 is 1.58 bits per heavy atom. The summed E-state index contributed by atoms with van der Waals surface area (Å²) < 4.78 is 0. The van der Waals surface area contributed by atoms with Gasteiger partial charge in [0.05, 0.1) is 0 Å². The van der Waals surface area contributed by atoms with Gasteiger partial charge in [0, 0.05) is 12.8 Å². The minimum Gasteiger partial charge on any atom is -0.481 e. The Balaban J connectivity index is 2.00. The van der Waals surface area contributed by atoms with Crippen LogP contribution in [0.15, 0.2) is 54.6 Å². The van der Waals surface area contributed by atoms with E-state index in [0.717, 1.165) is 44.9 Å². The van der Waals surface area contributed by atoms with Crippen molar-refractivity contribution in [2.45, 2.75) is 57.8 Å². The molecule has 0 aliphatic carbocycles. The van der Waals surface area contributed by atoms with Crippen molar-refractivity contribution in [3.05, 3.63) is 60.2 Å². The van der Waals surface area contributed by atoms with E-state index in [1.807, 2.05) is 42.5 Å². The molecule has 0 radical (unpaired) electrons. The van der Waals surface area contributed by atoms with Crippen molar-refractivity contribution in [2.24, 2.45) is 0 Å². The summed E-state index contributed by atoms with van der Waals surface area (Å²) in [5.41, 5.74) is 1.19. The van der Waals surface area contributed by atoms with E-state index in [1.54, 1.807) is 6.08 Å². The number of rotatable bonds is 13. The first-order valence-electron chi connectivity index (χ1n) is 8.80. The highest BCUT2D eigenvalue weighted by molar-refractivity contribution is 5.89. The zero-order chi connectivity index (χ0) is 17.5. The number of hydrogen-bond donors (Lipinski definition) is 1. The van der Waals surface area contributed by atoms with E-state index in [4.69, 9.17) is 5.11 Å². The van der Waals surface area contributed by atoms with Crippen molar-refractivity contribution in [2.75, 3.05) is 0 Å². The molecule has 0 amide bonds. The normalized spacial score (nSPS) is 11.3. The minimum atomic E-state index is -0.706. The molecule has 0 aromatic heterocycles. The van der Waals surface area contributed by atoms with Crippen LogP contribution in [0.5, 0.6) is 0 Å². The minimum absolute atomic E-state index is 0.155. The Hall–Kier alpha value is -2.16. The first kappa shape index (κ1) is 19.9. The summed E-state index contributed by atoms with van der Waals surface area (Å²) in [6.45, 7) is 0. The third-order valence-corrected chi connectivity index (χ3v) is 3.79. The number of unbranched alkanes of at least 4 members (excludes halogenated alkanes) is 5. The van der Waals surface area contributed by atoms with E-state index < -0.39 is 5.97 Å². The lowest BCUT2D eigenvalue weighted by atomic mass is 10.1. The van der Waals surface area contributed by atoms with E-state index in [1.165, 1.54) is 5.56 Å². The molecule has 0 aliphatic rings. The third-order valence-electron chi connectivity index (χ3n) is 3.79. The molecule has 24 heavy (non-hydrogen) atoms. The lowest BCUT2D eigenvalue weighted by molar-refractivity contribution is -0.137. The molecular weight excluding hydrogens is 300 g/mol. The molecule has 3 heteroatoms.